The molecule has 3 aromatic heterocycles. The van der Waals surface area contributed by atoms with E-state index < -0.39 is 12.3 Å². The Bertz CT molecular complexity index is 1330. The Balaban J connectivity index is 1.51. The van der Waals surface area contributed by atoms with E-state index >= 15 is 0 Å². The van der Waals surface area contributed by atoms with Gasteiger partial charge in [0.05, 0.1) is 6.20 Å². The maximum absolute atomic E-state index is 12.9. The molecule has 1 atom stereocenters. The van der Waals surface area contributed by atoms with Crippen LogP contribution in [0.1, 0.15) is 33.9 Å². The van der Waals surface area contributed by atoms with E-state index in [-0.39, 0.29) is 30.5 Å². The molecule has 3 heterocycles. The second kappa shape index (κ2) is 9.26. The van der Waals surface area contributed by atoms with Gasteiger partial charge in [0.2, 0.25) is 11.7 Å². The standard InChI is InChI=1S/C23H22F3N5O3/c1-13-8-9-31-17(12-27-19(31)10-13)22(32)28-16-11-15(5-4-14(16)2)21-29-20(34-30-21)7-6-18(33-3)23(24,25)26/h4-5,8-12,18H,6-7H2,1-3H3,(H,28,32). The van der Waals surface area contributed by atoms with Crippen molar-refractivity contribution in [2.24, 2.45) is 0 Å². The van der Waals surface area contributed by atoms with Gasteiger partial charge in [-0.2, -0.15) is 18.2 Å². The molecular formula is C23H22F3N5O3. The number of aryl methyl sites for hydroxylation is 3. The van der Waals surface area contributed by atoms with Crippen molar-refractivity contribution >= 4 is 17.2 Å². The van der Waals surface area contributed by atoms with Crippen molar-refractivity contribution in [3.63, 3.8) is 0 Å². The fourth-order valence-electron chi connectivity index (χ4n) is 3.48. The minimum atomic E-state index is -4.47. The molecule has 1 aromatic carbocycles. The van der Waals surface area contributed by atoms with E-state index in [2.05, 4.69) is 25.2 Å². The Labute approximate surface area is 192 Å². The molecule has 178 valence electrons. The van der Waals surface area contributed by atoms with Crippen LogP contribution in [0.5, 0.6) is 0 Å². The molecule has 0 bridgehead atoms. The fourth-order valence-corrected chi connectivity index (χ4v) is 3.48. The van der Waals surface area contributed by atoms with E-state index in [4.69, 9.17) is 4.52 Å². The van der Waals surface area contributed by atoms with E-state index in [1.54, 1.807) is 28.8 Å². The second-order valence-electron chi connectivity index (χ2n) is 7.88. The van der Waals surface area contributed by atoms with Gasteiger partial charge in [0, 0.05) is 31.0 Å². The van der Waals surface area contributed by atoms with E-state index in [9.17, 15) is 18.0 Å². The molecule has 0 aliphatic rings. The number of methoxy groups -OCH3 is 1. The Morgan fingerprint density at radius 2 is 2.03 bits per heavy atom. The van der Waals surface area contributed by atoms with Crippen molar-refractivity contribution < 1.29 is 27.2 Å². The summed E-state index contributed by atoms with van der Waals surface area (Å²) in [4.78, 5) is 21.4. The Morgan fingerprint density at radius 1 is 1.24 bits per heavy atom. The minimum Gasteiger partial charge on any atom is -0.372 e. The number of hydrogen-bond acceptors (Lipinski definition) is 6. The van der Waals surface area contributed by atoms with Crippen molar-refractivity contribution in [1.82, 2.24) is 19.5 Å². The fraction of sp³-hybridized carbons (Fsp3) is 0.304. The zero-order valence-electron chi connectivity index (χ0n) is 18.7. The first-order valence-corrected chi connectivity index (χ1v) is 10.4. The van der Waals surface area contributed by atoms with Crippen LogP contribution < -0.4 is 5.32 Å². The van der Waals surface area contributed by atoms with Gasteiger partial charge in [-0.25, -0.2) is 4.98 Å². The van der Waals surface area contributed by atoms with Crippen molar-refractivity contribution in [2.75, 3.05) is 12.4 Å². The summed E-state index contributed by atoms with van der Waals surface area (Å²) < 4.78 is 49.9. The monoisotopic (exact) mass is 473 g/mol. The summed E-state index contributed by atoms with van der Waals surface area (Å²) >= 11 is 0. The molecule has 4 aromatic rings. The topological polar surface area (TPSA) is 94.5 Å². The van der Waals surface area contributed by atoms with Gasteiger partial charge >= 0.3 is 6.18 Å². The third kappa shape index (κ3) is 4.93. The highest BCUT2D eigenvalue weighted by Crippen LogP contribution is 2.27. The molecule has 1 unspecified atom stereocenters. The second-order valence-corrected chi connectivity index (χ2v) is 7.88. The first-order chi connectivity index (χ1) is 16.2. The van der Waals surface area contributed by atoms with Crippen LogP contribution in [-0.2, 0) is 11.2 Å². The van der Waals surface area contributed by atoms with Gasteiger partial charge < -0.3 is 14.6 Å². The van der Waals surface area contributed by atoms with E-state index in [1.165, 1.54) is 6.20 Å². The molecular weight excluding hydrogens is 451 g/mol. The summed E-state index contributed by atoms with van der Waals surface area (Å²) in [5, 5.41) is 6.74. The van der Waals surface area contributed by atoms with Crippen LogP contribution in [0, 0.1) is 13.8 Å². The lowest BCUT2D eigenvalue weighted by Gasteiger charge is -2.17. The van der Waals surface area contributed by atoms with Gasteiger partial charge in [0.15, 0.2) is 6.10 Å². The molecule has 34 heavy (non-hydrogen) atoms. The summed E-state index contributed by atoms with van der Waals surface area (Å²) in [6, 6.07) is 8.96. The normalized spacial score (nSPS) is 12.8. The van der Waals surface area contributed by atoms with Crippen LogP contribution in [0.15, 0.2) is 47.2 Å². The number of fused-ring (bicyclic) bond motifs is 1. The molecule has 8 nitrogen and oxygen atoms in total. The number of nitrogens with zero attached hydrogens (tertiary/aromatic N) is 4. The quantitative estimate of drug-likeness (QED) is 0.416. The van der Waals surface area contributed by atoms with Gasteiger partial charge in [-0.05, 0) is 49.6 Å². The number of benzene rings is 1. The number of nitrogens with one attached hydrogen (secondary N) is 1. The molecule has 0 saturated heterocycles. The van der Waals surface area contributed by atoms with Crippen molar-refractivity contribution in [1.29, 1.82) is 0 Å². The number of amides is 1. The SMILES string of the molecule is COC(CCc1nc(-c2ccc(C)c(NC(=O)c3cnc4cc(C)ccn34)c2)no1)C(F)(F)F. The molecule has 11 heteroatoms. The first-order valence-electron chi connectivity index (χ1n) is 10.4. The predicted octanol–water partition coefficient (Wildman–Crippen LogP) is 4.76. The molecule has 0 fully saturated rings. The van der Waals surface area contributed by atoms with Gasteiger partial charge in [-0.1, -0.05) is 17.3 Å². The molecule has 1 N–H and O–H groups in total. The highest BCUT2D eigenvalue weighted by Gasteiger charge is 2.39. The number of carbonyl (C=O) groups excluding carboxylic acids is 1. The summed E-state index contributed by atoms with van der Waals surface area (Å²) in [6.07, 6.45) is -3.52. The van der Waals surface area contributed by atoms with E-state index in [0.29, 0.717) is 22.6 Å². The number of aromatic nitrogens is 4. The highest BCUT2D eigenvalue weighted by molar-refractivity contribution is 6.04. The molecule has 1 amide bonds. The summed E-state index contributed by atoms with van der Waals surface area (Å²) in [6.45, 7) is 3.78. The molecule has 0 radical (unpaired) electrons. The number of anilines is 1. The molecule has 0 aliphatic heterocycles. The zero-order chi connectivity index (χ0) is 24.5. The number of halogens is 3. The summed E-state index contributed by atoms with van der Waals surface area (Å²) in [7, 11) is 1.01. The van der Waals surface area contributed by atoms with Crippen molar-refractivity contribution in [3.05, 3.63) is 65.4 Å². The molecule has 0 aliphatic carbocycles. The van der Waals surface area contributed by atoms with Gasteiger partial charge in [0.25, 0.3) is 5.91 Å². The lowest BCUT2D eigenvalue weighted by Crippen LogP contribution is -2.31. The van der Waals surface area contributed by atoms with Crippen LogP contribution in [-0.4, -0.2) is 44.8 Å². The summed E-state index contributed by atoms with van der Waals surface area (Å²) in [5.74, 6) is -0.0756. The van der Waals surface area contributed by atoms with Crippen LogP contribution >= 0.6 is 0 Å². The number of rotatable bonds is 7. The molecule has 0 spiro atoms. The third-order valence-electron chi connectivity index (χ3n) is 5.38. The number of alkyl halides is 3. The van der Waals surface area contributed by atoms with Crippen LogP contribution in [0.25, 0.3) is 17.0 Å². The smallest absolute Gasteiger partial charge is 0.372 e. The lowest BCUT2D eigenvalue weighted by molar-refractivity contribution is -0.214. The number of hydrogen-bond donors (Lipinski definition) is 1. The zero-order valence-corrected chi connectivity index (χ0v) is 18.7. The minimum absolute atomic E-state index is 0.0634. The lowest BCUT2D eigenvalue weighted by atomic mass is 10.1. The number of pyridine rings is 1. The summed E-state index contributed by atoms with van der Waals surface area (Å²) in [5.41, 5.74) is 3.95. The Kier molecular flexibility index (Phi) is 6.38. The third-order valence-corrected chi connectivity index (χ3v) is 5.38. The van der Waals surface area contributed by atoms with Crippen LogP contribution in [0.3, 0.4) is 0 Å². The Morgan fingerprint density at radius 3 is 2.76 bits per heavy atom. The largest absolute Gasteiger partial charge is 0.414 e. The first kappa shape index (κ1) is 23.4. The highest BCUT2D eigenvalue weighted by atomic mass is 19.4. The number of ether oxygens (including phenoxy) is 1. The van der Waals surface area contributed by atoms with Crippen LogP contribution in [0.2, 0.25) is 0 Å². The number of carbonyl (C=O) groups is 1. The maximum atomic E-state index is 12.9. The maximum Gasteiger partial charge on any atom is 0.414 e. The van der Waals surface area contributed by atoms with Gasteiger partial charge in [0.1, 0.15) is 11.3 Å². The van der Waals surface area contributed by atoms with Gasteiger partial charge in [-0.3, -0.25) is 9.20 Å². The van der Waals surface area contributed by atoms with Crippen molar-refractivity contribution in [3.8, 4) is 11.4 Å². The Hall–Kier alpha value is -3.73. The molecule has 4 rings (SSSR count). The van der Waals surface area contributed by atoms with Gasteiger partial charge in [-0.15, -0.1) is 0 Å². The average Bonchev–Trinajstić information content (AvgIpc) is 3.41. The average molecular weight is 473 g/mol. The molecule has 0 saturated carbocycles. The number of imidazole rings is 1. The predicted molar refractivity (Wildman–Crippen MR) is 118 cm³/mol. The van der Waals surface area contributed by atoms with E-state index in [1.807, 2.05) is 26.0 Å². The van der Waals surface area contributed by atoms with Crippen molar-refractivity contribution in [2.45, 2.75) is 39.0 Å². The van der Waals surface area contributed by atoms with Crippen LogP contribution in [0.4, 0.5) is 18.9 Å². The van der Waals surface area contributed by atoms with E-state index in [0.717, 1.165) is 18.2 Å².